The number of benzene rings is 1. The van der Waals surface area contributed by atoms with Gasteiger partial charge in [-0.1, -0.05) is 63.3 Å². The molecule has 0 radical (unpaired) electrons. The third-order valence-corrected chi connectivity index (χ3v) is 4.68. The summed E-state index contributed by atoms with van der Waals surface area (Å²) in [5.74, 6) is 0.817. The zero-order valence-electron chi connectivity index (χ0n) is 12.6. The summed E-state index contributed by atoms with van der Waals surface area (Å²) in [6.07, 6.45) is 11.0. The number of hydrogen-bond acceptors (Lipinski definition) is 1. The standard InChI is InChI=1S/C18H29N/c1-3-15-11-13-17(14-12-15)18(19-2)16-9-7-5-4-6-8-10-16/h11-14,16,18-19H,3-10H2,1-2H3. The summed E-state index contributed by atoms with van der Waals surface area (Å²) in [6, 6.07) is 9.80. The lowest BCUT2D eigenvalue weighted by atomic mass is 9.83. The van der Waals surface area contributed by atoms with Gasteiger partial charge in [-0.2, -0.15) is 0 Å². The van der Waals surface area contributed by atoms with E-state index in [0.29, 0.717) is 6.04 Å². The largest absolute Gasteiger partial charge is 0.313 e. The van der Waals surface area contributed by atoms with E-state index in [2.05, 4.69) is 43.6 Å². The predicted molar refractivity (Wildman–Crippen MR) is 83.4 cm³/mol. The van der Waals surface area contributed by atoms with Gasteiger partial charge < -0.3 is 5.32 Å². The summed E-state index contributed by atoms with van der Waals surface area (Å²) >= 11 is 0. The van der Waals surface area contributed by atoms with E-state index in [1.54, 1.807) is 0 Å². The van der Waals surface area contributed by atoms with Crippen molar-refractivity contribution in [2.75, 3.05) is 7.05 Å². The Balaban J connectivity index is 2.07. The second-order valence-corrected chi connectivity index (χ2v) is 5.97. The third-order valence-electron chi connectivity index (χ3n) is 4.68. The number of aryl methyl sites for hydroxylation is 1. The summed E-state index contributed by atoms with van der Waals surface area (Å²) < 4.78 is 0. The molecule has 0 aliphatic heterocycles. The molecule has 0 heterocycles. The molecule has 0 amide bonds. The van der Waals surface area contributed by atoms with E-state index in [-0.39, 0.29) is 0 Å². The van der Waals surface area contributed by atoms with E-state index < -0.39 is 0 Å². The lowest BCUT2D eigenvalue weighted by Gasteiger charge is -2.29. The summed E-state index contributed by atoms with van der Waals surface area (Å²) in [5.41, 5.74) is 2.92. The Labute approximate surface area is 118 Å². The van der Waals surface area contributed by atoms with Crippen molar-refractivity contribution in [1.82, 2.24) is 5.32 Å². The first-order valence-corrected chi connectivity index (χ1v) is 8.11. The van der Waals surface area contributed by atoms with E-state index in [0.717, 1.165) is 12.3 Å². The predicted octanol–water partition coefficient (Wildman–Crippen LogP) is 4.87. The fraction of sp³-hybridized carbons (Fsp3) is 0.667. The highest BCUT2D eigenvalue weighted by atomic mass is 14.9. The van der Waals surface area contributed by atoms with Crippen molar-refractivity contribution in [3.05, 3.63) is 35.4 Å². The zero-order chi connectivity index (χ0) is 13.5. The molecule has 2 rings (SSSR count). The van der Waals surface area contributed by atoms with Crippen LogP contribution in [0.15, 0.2) is 24.3 Å². The smallest absolute Gasteiger partial charge is 0.0346 e. The molecule has 1 aromatic rings. The molecule has 1 nitrogen and oxygen atoms in total. The summed E-state index contributed by atoms with van der Waals surface area (Å²) in [4.78, 5) is 0. The van der Waals surface area contributed by atoms with Crippen LogP contribution in [0.3, 0.4) is 0 Å². The van der Waals surface area contributed by atoms with Gasteiger partial charge in [0.15, 0.2) is 0 Å². The van der Waals surface area contributed by atoms with Gasteiger partial charge in [-0.15, -0.1) is 0 Å². The van der Waals surface area contributed by atoms with E-state index in [9.17, 15) is 0 Å². The number of hydrogen-bond donors (Lipinski definition) is 1. The monoisotopic (exact) mass is 259 g/mol. The Morgan fingerprint density at radius 1 is 1.00 bits per heavy atom. The molecule has 1 saturated carbocycles. The molecule has 1 fully saturated rings. The maximum absolute atomic E-state index is 3.57. The molecule has 0 saturated heterocycles. The molecule has 1 aliphatic carbocycles. The molecular weight excluding hydrogens is 230 g/mol. The van der Waals surface area contributed by atoms with Crippen molar-refractivity contribution in [3.8, 4) is 0 Å². The van der Waals surface area contributed by atoms with E-state index >= 15 is 0 Å². The van der Waals surface area contributed by atoms with Crippen LogP contribution in [-0.4, -0.2) is 7.05 Å². The average molecular weight is 259 g/mol. The molecule has 1 unspecified atom stereocenters. The maximum atomic E-state index is 3.57. The Bertz CT molecular complexity index is 346. The summed E-state index contributed by atoms with van der Waals surface area (Å²) in [5, 5.41) is 3.57. The van der Waals surface area contributed by atoms with Crippen molar-refractivity contribution < 1.29 is 0 Å². The molecule has 1 N–H and O–H groups in total. The summed E-state index contributed by atoms with van der Waals surface area (Å²) in [7, 11) is 2.12. The fourth-order valence-electron chi connectivity index (χ4n) is 3.46. The number of nitrogens with one attached hydrogen (secondary N) is 1. The minimum Gasteiger partial charge on any atom is -0.313 e. The molecule has 1 aromatic carbocycles. The fourth-order valence-corrected chi connectivity index (χ4v) is 3.46. The van der Waals surface area contributed by atoms with Crippen molar-refractivity contribution >= 4 is 0 Å². The van der Waals surface area contributed by atoms with Crippen LogP contribution in [0.25, 0.3) is 0 Å². The maximum Gasteiger partial charge on any atom is 0.0346 e. The highest BCUT2D eigenvalue weighted by molar-refractivity contribution is 5.25. The molecule has 1 atom stereocenters. The van der Waals surface area contributed by atoms with Gasteiger partial charge in [0.2, 0.25) is 0 Å². The van der Waals surface area contributed by atoms with Gasteiger partial charge in [-0.05, 0) is 43.4 Å². The molecule has 0 spiro atoms. The first-order chi connectivity index (χ1) is 9.35. The normalized spacial score (nSPS) is 19.7. The number of rotatable bonds is 4. The lowest BCUT2D eigenvalue weighted by molar-refractivity contribution is 0.299. The highest BCUT2D eigenvalue weighted by Gasteiger charge is 2.22. The van der Waals surface area contributed by atoms with Gasteiger partial charge >= 0.3 is 0 Å². The minimum absolute atomic E-state index is 0.545. The molecule has 0 aromatic heterocycles. The van der Waals surface area contributed by atoms with Gasteiger partial charge in [0.1, 0.15) is 0 Å². The molecule has 1 heteroatoms. The average Bonchev–Trinajstić information content (AvgIpc) is 2.42. The molecular formula is C18H29N. The first kappa shape index (κ1) is 14.6. The minimum atomic E-state index is 0.545. The van der Waals surface area contributed by atoms with Crippen molar-refractivity contribution in [2.24, 2.45) is 5.92 Å². The van der Waals surface area contributed by atoms with Crippen LogP contribution in [0, 0.1) is 5.92 Å². The van der Waals surface area contributed by atoms with E-state index in [1.807, 2.05) is 0 Å². The summed E-state index contributed by atoms with van der Waals surface area (Å²) in [6.45, 7) is 2.22. The van der Waals surface area contributed by atoms with Crippen LogP contribution in [0.2, 0.25) is 0 Å². The van der Waals surface area contributed by atoms with Crippen LogP contribution in [0.1, 0.15) is 69.0 Å². The second-order valence-electron chi connectivity index (χ2n) is 5.97. The van der Waals surface area contributed by atoms with Gasteiger partial charge in [0.05, 0.1) is 0 Å². The highest BCUT2D eigenvalue weighted by Crippen LogP contribution is 2.32. The Morgan fingerprint density at radius 2 is 1.58 bits per heavy atom. The van der Waals surface area contributed by atoms with Crippen molar-refractivity contribution in [3.63, 3.8) is 0 Å². The van der Waals surface area contributed by atoms with Gasteiger partial charge in [-0.25, -0.2) is 0 Å². The quantitative estimate of drug-likeness (QED) is 0.813. The van der Waals surface area contributed by atoms with Gasteiger partial charge in [0, 0.05) is 6.04 Å². The van der Waals surface area contributed by atoms with Crippen molar-refractivity contribution in [2.45, 2.75) is 64.3 Å². The molecule has 19 heavy (non-hydrogen) atoms. The van der Waals surface area contributed by atoms with Crippen LogP contribution < -0.4 is 5.32 Å². The molecule has 106 valence electrons. The van der Waals surface area contributed by atoms with E-state index in [1.165, 1.54) is 56.1 Å². The van der Waals surface area contributed by atoms with Crippen LogP contribution in [0.5, 0.6) is 0 Å². The molecule has 1 aliphatic rings. The van der Waals surface area contributed by atoms with Crippen LogP contribution in [0.4, 0.5) is 0 Å². The van der Waals surface area contributed by atoms with Gasteiger partial charge in [0.25, 0.3) is 0 Å². The van der Waals surface area contributed by atoms with Crippen LogP contribution >= 0.6 is 0 Å². The van der Waals surface area contributed by atoms with E-state index in [4.69, 9.17) is 0 Å². The SMILES string of the molecule is CCc1ccc(C(NC)C2CCCCCCC2)cc1. The first-order valence-electron chi connectivity index (χ1n) is 8.11. The second kappa shape index (κ2) is 7.69. The zero-order valence-corrected chi connectivity index (χ0v) is 12.6. The Kier molecular flexibility index (Phi) is 5.91. The Morgan fingerprint density at radius 3 is 2.11 bits per heavy atom. The van der Waals surface area contributed by atoms with Crippen molar-refractivity contribution in [1.29, 1.82) is 0 Å². The third kappa shape index (κ3) is 4.07. The lowest BCUT2D eigenvalue weighted by Crippen LogP contribution is -2.26. The van der Waals surface area contributed by atoms with Gasteiger partial charge in [-0.3, -0.25) is 0 Å². The Hall–Kier alpha value is -0.820. The molecule has 0 bridgehead atoms. The van der Waals surface area contributed by atoms with Crippen LogP contribution in [-0.2, 0) is 6.42 Å². The topological polar surface area (TPSA) is 12.0 Å².